The molecule has 0 unspecified atom stereocenters. The maximum absolute atomic E-state index is 5.75. The normalized spacial score (nSPS) is 16.5. The summed E-state index contributed by atoms with van der Waals surface area (Å²) >= 11 is 0. The zero-order chi connectivity index (χ0) is 22.5. The monoisotopic (exact) mass is 392 g/mol. The molecule has 0 saturated carbocycles. The second-order valence-electron chi connectivity index (χ2n) is 8.75. The zero-order valence-corrected chi connectivity index (χ0v) is 19.5. The van der Waals surface area contributed by atoms with Crippen LogP contribution < -0.4 is 0 Å². The van der Waals surface area contributed by atoms with Gasteiger partial charge in [0.1, 0.15) is 0 Å². The third-order valence-corrected chi connectivity index (χ3v) is 6.49. The van der Waals surface area contributed by atoms with Crippen molar-refractivity contribution in [2.24, 2.45) is 5.41 Å². The summed E-state index contributed by atoms with van der Waals surface area (Å²) in [5, 5.41) is 0. The van der Waals surface area contributed by atoms with E-state index in [1.54, 1.807) is 0 Å². The SMILES string of the molecule is CCCCN1CCC(C)(CC(C)(c2ccccc2)c2ccccc2)CC1.[2H]C.[B]C. The lowest BCUT2D eigenvalue weighted by atomic mass is 9.63. The molecule has 0 amide bonds. The summed E-state index contributed by atoms with van der Waals surface area (Å²) in [5.74, 6) is 0. The molecule has 0 aromatic heterocycles. The smallest absolute Gasteiger partial charge is 0.0606 e. The van der Waals surface area contributed by atoms with E-state index in [0.29, 0.717) is 5.41 Å². The molecule has 1 fully saturated rings. The molecule has 2 aromatic carbocycles. The molecule has 2 aromatic rings. The summed E-state index contributed by atoms with van der Waals surface area (Å²) in [7, 11) is 5.75. The number of hydrogen-bond donors (Lipinski definition) is 0. The minimum absolute atomic E-state index is 0.0723. The third kappa shape index (κ3) is 6.74. The average molecular weight is 392 g/mol. The van der Waals surface area contributed by atoms with Gasteiger partial charge in [-0.15, -0.1) is 0 Å². The fourth-order valence-corrected chi connectivity index (χ4v) is 4.71. The predicted octanol–water partition coefficient (Wildman–Crippen LogP) is 7.12. The van der Waals surface area contributed by atoms with Crippen LogP contribution >= 0.6 is 0 Å². The molecule has 1 heterocycles. The first-order valence-corrected chi connectivity index (χ1v) is 11.0. The summed E-state index contributed by atoms with van der Waals surface area (Å²) in [6, 6.07) is 22.3. The van der Waals surface area contributed by atoms with Gasteiger partial charge >= 0.3 is 0 Å². The second kappa shape index (κ2) is 12.2. The van der Waals surface area contributed by atoms with Crippen molar-refractivity contribution in [1.82, 2.24) is 4.90 Å². The Morgan fingerprint density at radius 1 is 0.966 bits per heavy atom. The first kappa shape index (κ1) is 23.7. The molecule has 0 bridgehead atoms. The van der Waals surface area contributed by atoms with Crippen LogP contribution in [0.25, 0.3) is 0 Å². The molecule has 0 spiro atoms. The fraction of sp³-hybridized carbons (Fsp3) is 0.556. The van der Waals surface area contributed by atoms with Crippen LogP contribution in [0.1, 0.15) is 72.8 Å². The molecule has 2 heteroatoms. The Morgan fingerprint density at radius 3 is 1.83 bits per heavy atom. The molecule has 1 saturated heterocycles. The molecule has 1 nitrogen and oxygen atoms in total. The highest BCUT2D eigenvalue weighted by molar-refractivity contribution is 6.05. The highest BCUT2D eigenvalue weighted by atomic mass is 15.1. The summed E-state index contributed by atoms with van der Waals surface area (Å²) in [6.45, 7) is 12.6. The lowest BCUT2D eigenvalue weighted by Crippen LogP contribution is -2.42. The summed E-state index contributed by atoms with van der Waals surface area (Å²) in [6.07, 6.45) is 6.48. The van der Waals surface area contributed by atoms with Gasteiger partial charge in [0.25, 0.3) is 0 Å². The Labute approximate surface area is 183 Å². The molecule has 29 heavy (non-hydrogen) atoms. The van der Waals surface area contributed by atoms with Crippen LogP contribution in [-0.2, 0) is 5.41 Å². The van der Waals surface area contributed by atoms with Gasteiger partial charge in [0.15, 0.2) is 0 Å². The lowest BCUT2D eigenvalue weighted by Gasteiger charge is -2.45. The Balaban J connectivity index is 0.00000106. The highest BCUT2D eigenvalue weighted by Crippen LogP contribution is 2.46. The molecular formula is C27H42BN. The number of rotatable bonds is 7. The Bertz CT molecular complexity index is 626. The molecule has 0 atom stereocenters. The Morgan fingerprint density at radius 2 is 1.41 bits per heavy atom. The first-order valence-electron chi connectivity index (χ1n) is 12.0. The standard InChI is InChI=1S/C25H35N.CH3B.CH4/c1-4-5-18-26-19-16-24(2,17-20-26)21-25(3,22-12-8-6-9-13-22)23-14-10-7-11-15-23;1-2;/h6-15H,4-5,16-21H2,1-3H3;1H3;1H4/i;;1D. The van der Waals surface area contributed by atoms with E-state index in [9.17, 15) is 0 Å². The number of likely N-dealkylation sites (tertiary alicyclic amines) is 1. The molecule has 3 rings (SSSR count). The minimum Gasteiger partial charge on any atom is -0.303 e. The van der Waals surface area contributed by atoms with Gasteiger partial charge in [-0.2, -0.15) is 0 Å². The maximum Gasteiger partial charge on any atom is 0.0606 e. The van der Waals surface area contributed by atoms with E-state index in [4.69, 9.17) is 1.37 Å². The van der Waals surface area contributed by atoms with Crippen molar-refractivity contribution < 1.29 is 1.37 Å². The minimum atomic E-state index is 0.0723. The molecular weight excluding hydrogens is 349 g/mol. The van der Waals surface area contributed by atoms with Crippen molar-refractivity contribution >= 4 is 7.85 Å². The van der Waals surface area contributed by atoms with Gasteiger partial charge in [0, 0.05) is 6.79 Å². The van der Waals surface area contributed by atoms with Crippen molar-refractivity contribution in [3.8, 4) is 0 Å². The number of unbranched alkanes of at least 4 members (excludes halogenated alkanes) is 1. The molecule has 0 aliphatic carbocycles. The number of hydrogen-bond acceptors (Lipinski definition) is 1. The number of benzene rings is 2. The predicted molar refractivity (Wildman–Crippen MR) is 131 cm³/mol. The van der Waals surface area contributed by atoms with Gasteiger partial charge in [0.2, 0.25) is 0 Å². The quantitative estimate of drug-likeness (QED) is 0.453. The van der Waals surface area contributed by atoms with Crippen molar-refractivity contribution in [2.45, 2.75) is 72.5 Å². The van der Waals surface area contributed by atoms with E-state index < -0.39 is 0 Å². The van der Waals surface area contributed by atoms with Crippen molar-refractivity contribution in [3.05, 3.63) is 71.8 Å². The summed E-state index contributed by atoms with van der Waals surface area (Å²) in [5.41, 5.74) is 3.37. The molecule has 0 N–H and O–H groups in total. The fourth-order valence-electron chi connectivity index (χ4n) is 4.71. The maximum atomic E-state index is 5.75. The van der Waals surface area contributed by atoms with Gasteiger partial charge in [-0.3, -0.25) is 0 Å². The molecule has 158 valence electrons. The number of piperidine rings is 1. The van der Waals surface area contributed by atoms with Crippen LogP contribution in [0.2, 0.25) is 6.82 Å². The van der Waals surface area contributed by atoms with Crippen LogP contribution in [0.3, 0.4) is 0 Å². The van der Waals surface area contributed by atoms with Crippen LogP contribution in [-0.4, -0.2) is 32.4 Å². The number of nitrogens with zero attached hydrogens (tertiary/aromatic N) is 1. The molecule has 1 aliphatic rings. The Kier molecular flexibility index (Phi) is 10.0. The van der Waals surface area contributed by atoms with Gasteiger partial charge in [0.05, 0.1) is 7.85 Å². The largest absolute Gasteiger partial charge is 0.303 e. The van der Waals surface area contributed by atoms with E-state index in [-0.39, 0.29) is 5.41 Å². The molecule has 2 radical (unpaired) electrons. The van der Waals surface area contributed by atoms with E-state index in [1.807, 2.05) is 0 Å². The third-order valence-electron chi connectivity index (χ3n) is 6.49. The Hall–Kier alpha value is -1.54. The van der Waals surface area contributed by atoms with Gasteiger partial charge in [-0.1, -0.05) is 102 Å². The summed E-state index contributed by atoms with van der Waals surface area (Å²) < 4.78 is 5.75. The van der Waals surface area contributed by atoms with E-state index >= 15 is 0 Å². The van der Waals surface area contributed by atoms with Crippen LogP contribution in [0.4, 0.5) is 0 Å². The van der Waals surface area contributed by atoms with E-state index in [2.05, 4.69) is 94.2 Å². The van der Waals surface area contributed by atoms with Crippen molar-refractivity contribution in [3.63, 3.8) is 0 Å². The first-order chi connectivity index (χ1) is 14.6. The van der Waals surface area contributed by atoms with E-state index in [1.165, 1.54) is 77.1 Å². The van der Waals surface area contributed by atoms with Crippen LogP contribution in [0.15, 0.2) is 60.7 Å². The van der Waals surface area contributed by atoms with Gasteiger partial charge in [-0.05, 0) is 61.9 Å². The van der Waals surface area contributed by atoms with E-state index in [0.717, 1.165) is 0 Å². The van der Waals surface area contributed by atoms with Crippen LogP contribution in [0, 0.1) is 5.41 Å². The van der Waals surface area contributed by atoms with Crippen LogP contribution in [0.5, 0.6) is 0 Å². The highest BCUT2D eigenvalue weighted by Gasteiger charge is 2.39. The zero-order valence-electron chi connectivity index (χ0n) is 20.5. The average Bonchev–Trinajstić information content (AvgIpc) is 2.82. The van der Waals surface area contributed by atoms with Gasteiger partial charge < -0.3 is 4.90 Å². The second-order valence-corrected chi connectivity index (χ2v) is 8.75. The van der Waals surface area contributed by atoms with Crippen molar-refractivity contribution in [1.29, 1.82) is 0 Å². The lowest BCUT2D eigenvalue weighted by molar-refractivity contribution is 0.0941. The summed E-state index contributed by atoms with van der Waals surface area (Å²) in [4.78, 5) is 2.67. The topological polar surface area (TPSA) is 3.24 Å². The van der Waals surface area contributed by atoms with Gasteiger partial charge in [-0.25, -0.2) is 0 Å². The molecule has 1 aliphatic heterocycles. The van der Waals surface area contributed by atoms with Crippen molar-refractivity contribution in [2.75, 3.05) is 19.6 Å².